The van der Waals surface area contributed by atoms with E-state index in [1.807, 2.05) is 12.3 Å². The molecule has 29 heavy (non-hydrogen) atoms. The Balaban J connectivity index is 1.27. The van der Waals surface area contributed by atoms with E-state index in [0.717, 1.165) is 43.3 Å². The normalized spacial score (nSPS) is 17.6. The second-order valence-corrected chi connectivity index (χ2v) is 8.07. The molecule has 1 atom stereocenters. The van der Waals surface area contributed by atoms with Crippen molar-refractivity contribution in [2.75, 3.05) is 19.6 Å². The van der Waals surface area contributed by atoms with Crippen molar-refractivity contribution < 1.29 is 15.0 Å². The van der Waals surface area contributed by atoms with E-state index in [2.05, 4.69) is 22.0 Å². The number of aromatic carboxylic acids is 1. The lowest BCUT2D eigenvalue weighted by Crippen LogP contribution is -2.35. The minimum Gasteiger partial charge on any atom is -0.508 e. The molecule has 1 unspecified atom stereocenters. The highest BCUT2D eigenvalue weighted by Crippen LogP contribution is 2.28. The SMILES string of the molecule is O=C(O)c1ccc2c(CCCCN3CCCC(c4ccc(O)cc4)C3)c[nH]c2c1. The van der Waals surface area contributed by atoms with E-state index >= 15 is 0 Å². The molecule has 0 radical (unpaired) electrons. The molecule has 0 spiro atoms. The van der Waals surface area contributed by atoms with Crippen molar-refractivity contribution >= 4 is 16.9 Å². The van der Waals surface area contributed by atoms with Gasteiger partial charge in [0.25, 0.3) is 0 Å². The smallest absolute Gasteiger partial charge is 0.335 e. The summed E-state index contributed by atoms with van der Waals surface area (Å²) in [5.74, 6) is -0.00512. The van der Waals surface area contributed by atoms with Crippen molar-refractivity contribution in [3.63, 3.8) is 0 Å². The minimum atomic E-state index is -0.893. The Labute approximate surface area is 171 Å². The first-order chi connectivity index (χ1) is 14.1. The number of aromatic nitrogens is 1. The summed E-state index contributed by atoms with van der Waals surface area (Å²) < 4.78 is 0. The standard InChI is InChI=1S/C24H28N2O3/c27-21-9-6-17(7-10-21)20-5-3-13-26(16-20)12-2-1-4-19-15-25-23-14-18(24(28)29)8-11-22(19)23/h6-11,14-15,20,25,27H,1-5,12-13,16H2,(H,28,29). The van der Waals surface area contributed by atoms with Gasteiger partial charge in [0.1, 0.15) is 5.75 Å². The topological polar surface area (TPSA) is 76.6 Å². The van der Waals surface area contributed by atoms with Crippen LogP contribution in [0.15, 0.2) is 48.7 Å². The van der Waals surface area contributed by atoms with E-state index in [1.165, 1.54) is 30.5 Å². The molecule has 1 saturated heterocycles. The second-order valence-electron chi connectivity index (χ2n) is 8.07. The van der Waals surface area contributed by atoms with Crippen molar-refractivity contribution in [1.29, 1.82) is 0 Å². The van der Waals surface area contributed by atoms with E-state index in [1.54, 1.807) is 24.3 Å². The number of hydrogen-bond donors (Lipinski definition) is 3. The number of benzene rings is 2. The Morgan fingerprint density at radius 3 is 2.76 bits per heavy atom. The van der Waals surface area contributed by atoms with Crippen LogP contribution in [0.25, 0.3) is 10.9 Å². The number of carbonyl (C=O) groups is 1. The molecular weight excluding hydrogens is 364 g/mol. The van der Waals surface area contributed by atoms with Crippen LogP contribution in [0.4, 0.5) is 0 Å². The predicted octanol–water partition coefficient (Wildman–Crippen LogP) is 4.77. The molecule has 152 valence electrons. The first kappa shape index (κ1) is 19.5. The summed E-state index contributed by atoms with van der Waals surface area (Å²) in [6.07, 6.45) is 7.73. The maximum atomic E-state index is 11.1. The van der Waals surface area contributed by atoms with Crippen LogP contribution in [-0.2, 0) is 6.42 Å². The number of piperidine rings is 1. The number of fused-ring (bicyclic) bond motifs is 1. The summed E-state index contributed by atoms with van der Waals surface area (Å²) in [5.41, 5.74) is 3.80. The van der Waals surface area contributed by atoms with Gasteiger partial charge in [-0.15, -0.1) is 0 Å². The quantitative estimate of drug-likeness (QED) is 0.506. The molecule has 3 aromatic rings. The van der Waals surface area contributed by atoms with Gasteiger partial charge in [0.2, 0.25) is 0 Å². The molecule has 1 aliphatic heterocycles. The Morgan fingerprint density at radius 2 is 1.97 bits per heavy atom. The summed E-state index contributed by atoms with van der Waals surface area (Å²) in [6.45, 7) is 3.37. The van der Waals surface area contributed by atoms with Gasteiger partial charge in [-0.1, -0.05) is 18.2 Å². The zero-order valence-corrected chi connectivity index (χ0v) is 16.6. The number of carboxylic acid groups (broad SMARTS) is 1. The highest BCUT2D eigenvalue weighted by Gasteiger charge is 2.21. The van der Waals surface area contributed by atoms with Crippen LogP contribution >= 0.6 is 0 Å². The van der Waals surface area contributed by atoms with E-state index in [4.69, 9.17) is 5.11 Å². The van der Waals surface area contributed by atoms with Gasteiger partial charge in [-0.25, -0.2) is 4.79 Å². The first-order valence-electron chi connectivity index (χ1n) is 10.4. The number of rotatable bonds is 7. The number of carboxylic acids is 1. The molecule has 1 aliphatic rings. The molecule has 0 amide bonds. The van der Waals surface area contributed by atoms with Gasteiger partial charge in [-0.3, -0.25) is 0 Å². The average Bonchev–Trinajstić information content (AvgIpc) is 3.14. The molecule has 5 nitrogen and oxygen atoms in total. The number of phenolic OH excluding ortho intramolecular Hbond substituents is 1. The molecule has 2 heterocycles. The van der Waals surface area contributed by atoms with E-state index < -0.39 is 5.97 Å². The van der Waals surface area contributed by atoms with Crippen molar-refractivity contribution in [2.24, 2.45) is 0 Å². The Bertz CT molecular complexity index is 977. The van der Waals surface area contributed by atoms with Crippen molar-refractivity contribution in [3.05, 3.63) is 65.4 Å². The highest BCUT2D eigenvalue weighted by molar-refractivity contribution is 5.94. The number of unbranched alkanes of at least 4 members (excludes halogenated alkanes) is 1. The molecule has 1 aromatic heterocycles. The molecule has 1 fully saturated rings. The maximum absolute atomic E-state index is 11.1. The van der Waals surface area contributed by atoms with Crippen LogP contribution in [0.1, 0.15) is 53.1 Å². The lowest BCUT2D eigenvalue weighted by molar-refractivity contribution is 0.0697. The fourth-order valence-electron chi connectivity index (χ4n) is 4.45. The summed E-state index contributed by atoms with van der Waals surface area (Å²) >= 11 is 0. The number of nitrogens with zero attached hydrogens (tertiary/aromatic N) is 1. The van der Waals surface area contributed by atoms with Gasteiger partial charge in [-0.2, -0.15) is 0 Å². The van der Waals surface area contributed by atoms with Gasteiger partial charge >= 0.3 is 5.97 Å². The third kappa shape index (κ3) is 4.62. The van der Waals surface area contributed by atoms with Crippen LogP contribution in [0.2, 0.25) is 0 Å². The third-order valence-electron chi connectivity index (χ3n) is 6.05. The lowest BCUT2D eigenvalue weighted by Gasteiger charge is -2.33. The highest BCUT2D eigenvalue weighted by atomic mass is 16.4. The molecule has 5 heteroatoms. The molecular formula is C24H28N2O3. The van der Waals surface area contributed by atoms with Gasteiger partial charge < -0.3 is 20.1 Å². The molecule has 0 saturated carbocycles. The average molecular weight is 392 g/mol. The second kappa shape index (κ2) is 8.70. The van der Waals surface area contributed by atoms with Crippen LogP contribution in [-0.4, -0.2) is 45.7 Å². The van der Waals surface area contributed by atoms with Gasteiger partial charge in [0.15, 0.2) is 0 Å². The molecule has 0 bridgehead atoms. The van der Waals surface area contributed by atoms with Crippen molar-refractivity contribution in [1.82, 2.24) is 9.88 Å². The molecule has 0 aliphatic carbocycles. The number of phenols is 1. The van der Waals surface area contributed by atoms with Gasteiger partial charge in [0, 0.05) is 23.6 Å². The minimum absolute atomic E-state index is 0.319. The molecule has 3 N–H and O–H groups in total. The number of likely N-dealkylation sites (tertiary alicyclic amines) is 1. The van der Waals surface area contributed by atoms with Crippen LogP contribution < -0.4 is 0 Å². The molecule has 4 rings (SSSR count). The summed E-state index contributed by atoms with van der Waals surface area (Å²) in [4.78, 5) is 16.9. The number of aromatic amines is 1. The Kier molecular flexibility index (Phi) is 5.86. The Morgan fingerprint density at radius 1 is 1.14 bits per heavy atom. The first-order valence-corrected chi connectivity index (χ1v) is 10.4. The Hall–Kier alpha value is -2.79. The van der Waals surface area contributed by atoms with Crippen molar-refractivity contribution in [3.8, 4) is 5.75 Å². The number of aryl methyl sites for hydroxylation is 1. The van der Waals surface area contributed by atoms with Crippen molar-refractivity contribution in [2.45, 2.75) is 38.0 Å². The van der Waals surface area contributed by atoms with E-state index in [-0.39, 0.29) is 0 Å². The fraction of sp³-hybridized carbons (Fsp3) is 0.375. The monoisotopic (exact) mass is 392 g/mol. The predicted molar refractivity (Wildman–Crippen MR) is 115 cm³/mol. The zero-order chi connectivity index (χ0) is 20.2. The fourth-order valence-corrected chi connectivity index (χ4v) is 4.45. The van der Waals surface area contributed by atoms with E-state index in [0.29, 0.717) is 17.2 Å². The summed E-state index contributed by atoms with van der Waals surface area (Å²) in [5, 5.41) is 19.7. The third-order valence-corrected chi connectivity index (χ3v) is 6.05. The zero-order valence-electron chi connectivity index (χ0n) is 16.6. The number of hydrogen-bond acceptors (Lipinski definition) is 3. The van der Waals surface area contributed by atoms with Crippen LogP contribution in [0.5, 0.6) is 5.75 Å². The lowest BCUT2D eigenvalue weighted by atomic mass is 9.90. The number of aromatic hydroxyl groups is 1. The van der Waals surface area contributed by atoms with Crippen LogP contribution in [0.3, 0.4) is 0 Å². The number of nitrogens with one attached hydrogen (secondary N) is 1. The summed E-state index contributed by atoms with van der Waals surface area (Å²) in [7, 11) is 0. The van der Waals surface area contributed by atoms with Gasteiger partial charge in [-0.05, 0) is 86.5 Å². The largest absolute Gasteiger partial charge is 0.508 e. The number of H-pyrrole nitrogens is 1. The maximum Gasteiger partial charge on any atom is 0.335 e. The molecule has 2 aromatic carbocycles. The van der Waals surface area contributed by atoms with Crippen LogP contribution in [0, 0.1) is 0 Å². The van der Waals surface area contributed by atoms with E-state index in [9.17, 15) is 9.90 Å². The summed E-state index contributed by atoms with van der Waals surface area (Å²) in [6, 6.07) is 13.0. The van der Waals surface area contributed by atoms with Gasteiger partial charge in [0.05, 0.1) is 5.56 Å².